The number of aryl methyl sites for hydroxylation is 4. The van der Waals surface area contributed by atoms with Gasteiger partial charge >= 0.3 is 0 Å². The first-order chi connectivity index (χ1) is 9.81. The van der Waals surface area contributed by atoms with E-state index >= 15 is 0 Å². The molecule has 0 atom stereocenters. The zero-order valence-corrected chi connectivity index (χ0v) is 13.7. The summed E-state index contributed by atoms with van der Waals surface area (Å²) in [6, 6.07) is 8.10. The minimum atomic E-state index is -0.0364. The highest BCUT2D eigenvalue weighted by Gasteiger charge is 2.14. The molecule has 0 aliphatic carbocycles. The molecule has 1 amide bonds. The molecule has 2 aromatic carbocycles. The van der Waals surface area contributed by atoms with Crippen molar-refractivity contribution in [3.05, 3.63) is 63.2 Å². The second kappa shape index (κ2) is 5.72. The van der Waals surface area contributed by atoms with E-state index in [1.54, 1.807) is 0 Å². The largest absolute Gasteiger partial charge is 0.321 e. The number of hydrogen-bond donors (Lipinski definition) is 1. The van der Waals surface area contributed by atoms with E-state index < -0.39 is 0 Å². The van der Waals surface area contributed by atoms with Gasteiger partial charge in [0.2, 0.25) is 0 Å². The number of benzene rings is 2. The topological polar surface area (TPSA) is 29.1 Å². The molecule has 2 rings (SSSR count). The molecule has 1 N–H and O–H groups in total. The minimum absolute atomic E-state index is 0.0364. The third kappa shape index (κ3) is 2.99. The Labute approximate surface area is 127 Å². The van der Waals surface area contributed by atoms with Crippen LogP contribution in [0.15, 0.2) is 24.3 Å². The number of carbonyl (C=O) groups excluding carboxylic acids is 1. The van der Waals surface area contributed by atoms with Crippen LogP contribution in [-0.4, -0.2) is 5.91 Å². The van der Waals surface area contributed by atoms with Crippen LogP contribution in [0.1, 0.15) is 43.7 Å². The molecule has 2 aromatic rings. The summed E-state index contributed by atoms with van der Waals surface area (Å²) in [5.74, 6) is -0.0364. The summed E-state index contributed by atoms with van der Waals surface area (Å²) in [6.45, 7) is 12.3. The summed E-state index contributed by atoms with van der Waals surface area (Å²) in [7, 11) is 0. The van der Waals surface area contributed by atoms with Crippen LogP contribution in [0.4, 0.5) is 5.69 Å². The van der Waals surface area contributed by atoms with Crippen LogP contribution in [0.2, 0.25) is 0 Å². The number of amides is 1. The van der Waals surface area contributed by atoms with Crippen molar-refractivity contribution in [3.63, 3.8) is 0 Å². The van der Waals surface area contributed by atoms with Gasteiger partial charge in [-0.15, -0.1) is 0 Å². The summed E-state index contributed by atoms with van der Waals surface area (Å²) in [5, 5.41) is 3.07. The van der Waals surface area contributed by atoms with Crippen molar-refractivity contribution >= 4 is 11.6 Å². The van der Waals surface area contributed by atoms with Crippen LogP contribution in [-0.2, 0) is 0 Å². The van der Waals surface area contributed by atoms with Gasteiger partial charge in [0.1, 0.15) is 0 Å². The molecule has 0 bridgehead atoms. The molecule has 0 saturated carbocycles. The van der Waals surface area contributed by atoms with Gasteiger partial charge in [-0.05, 0) is 75.4 Å². The van der Waals surface area contributed by atoms with Crippen molar-refractivity contribution in [2.75, 3.05) is 5.32 Å². The average molecular weight is 281 g/mol. The second-order valence-corrected chi connectivity index (χ2v) is 5.91. The van der Waals surface area contributed by atoms with Crippen molar-refractivity contribution in [2.45, 2.75) is 41.5 Å². The lowest BCUT2D eigenvalue weighted by atomic mass is 9.98. The van der Waals surface area contributed by atoms with Gasteiger partial charge in [-0.1, -0.05) is 23.8 Å². The molecule has 21 heavy (non-hydrogen) atoms. The third-order valence-electron chi connectivity index (χ3n) is 4.22. The van der Waals surface area contributed by atoms with E-state index in [2.05, 4.69) is 38.2 Å². The lowest BCUT2D eigenvalue weighted by Crippen LogP contribution is -2.16. The van der Waals surface area contributed by atoms with E-state index in [9.17, 15) is 4.79 Å². The third-order valence-corrected chi connectivity index (χ3v) is 4.22. The zero-order valence-electron chi connectivity index (χ0n) is 13.7. The van der Waals surface area contributed by atoms with Crippen molar-refractivity contribution in [2.24, 2.45) is 0 Å². The smallest absolute Gasteiger partial charge is 0.255 e. The van der Waals surface area contributed by atoms with E-state index in [0.29, 0.717) is 0 Å². The number of anilines is 1. The summed E-state index contributed by atoms with van der Waals surface area (Å²) < 4.78 is 0. The highest BCUT2D eigenvalue weighted by atomic mass is 16.1. The van der Waals surface area contributed by atoms with Crippen molar-refractivity contribution in [1.82, 2.24) is 0 Å². The molecule has 0 heterocycles. The van der Waals surface area contributed by atoms with Crippen LogP contribution in [0.3, 0.4) is 0 Å². The van der Waals surface area contributed by atoms with E-state index in [4.69, 9.17) is 0 Å². The van der Waals surface area contributed by atoms with Crippen LogP contribution >= 0.6 is 0 Å². The molecule has 110 valence electrons. The lowest BCUT2D eigenvalue weighted by Gasteiger charge is -2.15. The molecule has 0 unspecified atom stereocenters. The maximum atomic E-state index is 12.6. The molecule has 0 aromatic heterocycles. The Morgan fingerprint density at radius 1 is 0.810 bits per heavy atom. The fourth-order valence-corrected chi connectivity index (χ4v) is 2.76. The Balaban J connectivity index is 2.38. The highest BCUT2D eigenvalue weighted by Crippen LogP contribution is 2.24. The molecule has 0 fully saturated rings. The first kappa shape index (κ1) is 15.3. The molecule has 0 spiro atoms. The molecular formula is C19H23NO. The summed E-state index contributed by atoms with van der Waals surface area (Å²) in [4.78, 5) is 12.6. The van der Waals surface area contributed by atoms with Crippen LogP contribution in [0.5, 0.6) is 0 Å². The van der Waals surface area contributed by atoms with Crippen molar-refractivity contribution in [3.8, 4) is 0 Å². The predicted octanol–water partition coefficient (Wildman–Crippen LogP) is 4.79. The average Bonchev–Trinajstić information content (AvgIpc) is 2.40. The molecule has 0 aliphatic heterocycles. The maximum Gasteiger partial charge on any atom is 0.255 e. The number of nitrogens with one attached hydrogen (secondary N) is 1. The number of rotatable bonds is 2. The van der Waals surface area contributed by atoms with Gasteiger partial charge in [0.15, 0.2) is 0 Å². The van der Waals surface area contributed by atoms with Gasteiger partial charge in [0.25, 0.3) is 5.91 Å². The number of hydrogen-bond acceptors (Lipinski definition) is 1. The quantitative estimate of drug-likeness (QED) is 0.842. The SMILES string of the molecule is Cc1cc(C)c(NC(=O)c2ccc(C)c(C)c2C)c(C)c1. The summed E-state index contributed by atoms with van der Waals surface area (Å²) >= 11 is 0. The van der Waals surface area contributed by atoms with Gasteiger partial charge in [0.05, 0.1) is 0 Å². The van der Waals surface area contributed by atoms with Crippen LogP contribution < -0.4 is 5.32 Å². The molecule has 0 saturated heterocycles. The Kier molecular flexibility index (Phi) is 4.17. The van der Waals surface area contributed by atoms with Gasteiger partial charge in [0, 0.05) is 11.3 Å². The molecule has 2 heteroatoms. The van der Waals surface area contributed by atoms with Crippen LogP contribution in [0, 0.1) is 41.5 Å². The lowest BCUT2D eigenvalue weighted by molar-refractivity contribution is 0.102. The summed E-state index contributed by atoms with van der Waals surface area (Å²) in [5.41, 5.74) is 8.53. The Hall–Kier alpha value is -2.09. The monoisotopic (exact) mass is 281 g/mol. The maximum absolute atomic E-state index is 12.6. The second-order valence-electron chi connectivity index (χ2n) is 5.91. The first-order valence-corrected chi connectivity index (χ1v) is 7.27. The first-order valence-electron chi connectivity index (χ1n) is 7.27. The van der Waals surface area contributed by atoms with Crippen LogP contribution in [0.25, 0.3) is 0 Å². The van der Waals surface area contributed by atoms with Gasteiger partial charge < -0.3 is 5.32 Å². The molecule has 0 aliphatic rings. The van der Waals surface area contributed by atoms with Gasteiger partial charge in [-0.25, -0.2) is 0 Å². The van der Waals surface area contributed by atoms with Gasteiger partial charge in [-0.3, -0.25) is 4.79 Å². The molecule has 2 nitrogen and oxygen atoms in total. The zero-order chi connectivity index (χ0) is 15.7. The Morgan fingerprint density at radius 3 is 1.95 bits per heavy atom. The molecular weight excluding hydrogens is 258 g/mol. The Morgan fingerprint density at radius 2 is 1.38 bits per heavy atom. The fraction of sp³-hybridized carbons (Fsp3) is 0.316. The van der Waals surface area contributed by atoms with Crippen molar-refractivity contribution < 1.29 is 4.79 Å². The predicted molar refractivity (Wildman–Crippen MR) is 89.3 cm³/mol. The standard InChI is InChI=1S/C19H23NO/c1-11-9-13(3)18(14(4)10-11)20-19(21)17-8-7-12(2)15(5)16(17)6/h7-10H,1-6H3,(H,20,21). The van der Waals surface area contributed by atoms with E-state index in [1.165, 1.54) is 16.7 Å². The number of carbonyl (C=O) groups is 1. The normalized spacial score (nSPS) is 10.6. The van der Waals surface area contributed by atoms with Crippen molar-refractivity contribution in [1.29, 1.82) is 0 Å². The van der Waals surface area contributed by atoms with E-state index in [0.717, 1.165) is 27.9 Å². The fourth-order valence-electron chi connectivity index (χ4n) is 2.76. The van der Waals surface area contributed by atoms with Gasteiger partial charge in [-0.2, -0.15) is 0 Å². The minimum Gasteiger partial charge on any atom is -0.321 e. The Bertz CT molecular complexity index is 691. The summed E-state index contributed by atoms with van der Waals surface area (Å²) in [6.07, 6.45) is 0. The van der Waals surface area contributed by atoms with E-state index in [-0.39, 0.29) is 5.91 Å². The van der Waals surface area contributed by atoms with E-state index in [1.807, 2.05) is 32.9 Å². The highest BCUT2D eigenvalue weighted by molar-refractivity contribution is 6.06. The molecule has 0 radical (unpaired) electrons.